The Bertz CT molecular complexity index is 289. The lowest BCUT2D eigenvalue weighted by Crippen LogP contribution is -2.29. The molecule has 0 rings (SSSR count). The molecule has 3 unspecified atom stereocenters. The summed E-state index contributed by atoms with van der Waals surface area (Å²) in [5.41, 5.74) is 0. The Kier molecular flexibility index (Phi) is 14.2. The first kappa shape index (κ1) is 24.0. The highest BCUT2D eigenvalue weighted by molar-refractivity contribution is 6.71. The Morgan fingerprint density at radius 2 is 1.33 bits per heavy atom. The van der Waals surface area contributed by atoms with Gasteiger partial charge in [0, 0.05) is 20.3 Å². The standard InChI is InChI=1S/C18H40O5Si/c1-8-10-20-13-16(2)22-15-18(4)23-14-17(3)21-11-9-12-24(6,7)19-5/h16-18H,8-15H2,1-7H3. The molecule has 146 valence electrons. The molecule has 0 aromatic heterocycles. The average Bonchev–Trinajstić information content (AvgIpc) is 2.55. The molecule has 0 N–H and O–H groups in total. The Morgan fingerprint density at radius 1 is 0.792 bits per heavy atom. The molecule has 0 aromatic carbocycles. The van der Waals surface area contributed by atoms with E-state index in [2.05, 4.69) is 20.0 Å². The van der Waals surface area contributed by atoms with E-state index in [1.807, 2.05) is 27.9 Å². The van der Waals surface area contributed by atoms with Gasteiger partial charge in [0.2, 0.25) is 0 Å². The van der Waals surface area contributed by atoms with Crippen LogP contribution in [-0.2, 0) is 23.4 Å². The Morgan fingerprint density at radius 3 is 1.88 bits per heavy atom. The second-order valence-corrected chi connectivity index (χ2v) is 11.5. The highest BCUT2D eigenvalue weighted by Crippen LogP contribution is 2.12. The normalized spacial score (nSPS) is 16.1. The summed E-state index contributed by atoms with van der Waals surface area (Å²) >= 11 is 0. The van der Waals surface area contributed by atoms with Crippen LogP contribution >= 0.6 is 0 Å². The van der Waals surface area contributed by atoms with Crippen LogP contribution in [0.15, 0.2) is 0 Å². The lowest BCUT2D eigenvalue weighted by Gasteiger charge is -2.21. The van der Waals surface area contributed by atoms with Crippen molar-refractivity contribution in [3.8, 4) is 0 Å². The van der Waals surface area contributed by atoms with E-state index in [0.29, 0.717) is 19.8 Å². The lowest BCUT2D eigenvalue weighted by molar-refractivity contribution is -0.0797. The van der Waals surface area contributed by atoms with Crippen molar-refractivity contribution in [1.82, 2.24) is 0 Å². The van der Waals surface area contributed by atoms with Crippen molar-refractivity contribution in [1.29, 1.82) is 0 Å². The third-order valence-corrected chi connectivity index (χ3v) is 6.47. The van der Waals surface area contributed by atoms with Crippen LogP contribution in [-0.4, -0.2) is 66.8 Å². The maximum absolute atomic E-state index is 5.80. The first-order chi connectivity index (χ1) is 11.3. The Labute approximate surface area is 150 Å². The predicted octanol–water partition coefficient (Wildman–Crippen LogP) is 3.87. The molecular weight excluding hydrogens is 324 g/mol. The van der Waals surface area contributed by atoms with Gasteiger partial charge in [-0.2, -0.15) is 0 Å². The van der Waals surface area contributed by atoms with Gasteiger partial charge < -0.3 is 23.4 Å². The molecule has 0 radical (unpaired) electrons. The van der Waals surface area contributed by atoms with Crippen molar-refractivity contribution in [3.05, 3.63) is 0 Å². The molecule has 3 atom stereocenters. The molecule has 24 heavy (non-hydrogen) atoms. The SMILES string of the molecule is CCCOCC(C)OCC(C)OCC(C)OCCC[Si](C)(C)OC. The highest BCUT2D eigenvalue weighted by Gasteiger charge is 2.19. The predicted molar refractivity (Wildman–Crippen MR) is 101 cm³/mol. The molecule has 0 fully saturated rings. The van der Waals surface area contributed by atoms with E-state index in [1.54, 1.807) is 0 Å². The fourth-order valence-corrected chi connectivity index (χ4v) is 3.22. The zero-order chi connectivity index (χ0) is 18.4. The quantitative estimate of drug-likeness (QED) is 0.307. The maximum Gasteiger partial charge on any atom is 0.186 e. The van der Waals surface area contributed by atoms with E-state index in [0.717, 1.165) is 32.1 Å². The van der Waals surface area contributed by atoms with Crippen molar-refractivity contribution in [2.45, 2.75) is 78.0 Å². The fraction of sp³-hybridized carbons (Fsp3) is 1.00. The smallest absolute Gasteiger partial charge is 0.186 e. The Balaban J connectivity index is 3.62. The van der Waals surface area contributed by atoms with Gasteiger partial charge in [0.1, 0.15) is 0 Å². The van der Waals surface area contributed by atoms with Crippen LogP contribution < -0.4 is 0 Å². The lowest BCUT2D eigenvalue weighted by atomic mass is 10.4. The molecule has 0 aliphatic heterocycles. The summed E-state index contributed by atoms with van der Waals surface area (Å²) in [5.74, 6) is 0. The van der Waals surface area contributed by atoms with Gasteiger partial charge in [-0.15, -0.1) is 0 Å². The van der Waals surface area contributed by atoms with Crippen molar-refractivity contribution >= 4 is 8.32 Å². The van der Waals surface area contributed by atoms with Crippen molar-refractivity contribution < 1.29 is 23.4 Å². The third kappa shape index (κ3) is 14.4. The minimum atomic E-state index is -1.46. The highest BCUT2D eigenvalue weighted by atomic mass is 28.4. The summed E-state index contributed by atoms with van der Waals surface area (Å²) in [4.78, 5) is 0. The largest absolute Gasteiger partial charge is 0.420 e. The molecule has 0 heterocycles. The summed E-state index contributed by atoms with van der Waals surface area (Å²) in [6.45, 7) is 16.0. The minimum Gasteiger partial charge on any atom is -0.420 e. The van der Waals surface area contributed by atoms with Gasteiger partial charge in [0.15, 0.2) is 8.32 Å². The van der Waals surface area contributed by atoms with Crippen molar-refractivity contribution in [2.24, 2.45) is 0 Å². The van der Waals surface area contributed by atoms with Gasteiger partial charge in [-0.05, 0) is 52.8 Å². The maximum atomic E-state index is 5.80. The van der Waals surface area contributed by atoms with Crippen LogP contribution in [0.3, 0.4) is 0 Å². The molecule has 0 bridgehead atoms. The van der Waals surface area contributed by atoms with E-state index in [1.165, 1.54) is 0 Å². The van der Waals surface area contributed by atoms with Crippen LogP contribution in [0.4, 0.5) is 0 Å². The summed E-state index contributed by atoms with van der Waals surface area (Å²) in [6.07, 6.45) is 2.35. The zero-order valence-corrected chi connectivity index (χ0v) is 17.9. The molecule has 0 aromatic rings. The molecule has 0 saturated carbocycles. The van der Waals surface area contributed by atoms with Crippen LogP contribution in [0.2, 0.25) is 19.1 Å². The van der Waals surface area contributed by atoms with Crippen LogP contribution in [0, 0.1) is 0 Å². The zero-order valence-electron chi connectivity index (χ0n) is 16.9. The van der Waals surface area contributed by atoms with Gasteiger partial charge in [-0.25, -0.2) is 0 Å². The van der Waals surface area contributed by atoms with Crippen LogP contribution in [0.5, 0.6) is 0 Å². The molecular formula is C18H40O5Si. The number of hydrogen-bond acceptors (Lipinski definition) is 5. The summed E-state index contributed by atoms with van der Waals surface area (Å²) < 4.78 is 28.3. The average molecular weight is 365 g/mol. The van der Waals surface area contributed by atoms with Gasteiger partial charge in [-0.3, -0.25) is 0 Å². The van der Waals surface area contributed by atoms with Gasteiger partial charge >= 0.3 is 0 Å². The second-order valence-electron chi connectivity index (χ2n) is 7.11. The van der Waals surface area contributed by atoms with Gasteiger partial charge in [0.25, 0.3) is 0 Å². The van der Waals surface area contributed by atoms with Gasteiger partial charge in [-0.1, -0.05) is 6.92 Å². The summed E-state index contributed by atoms with van der Waals surface area (Å²) in [6, 6.07) is 1.12. The fourth-order valence-electron chi connectivity index (χ4n) is 2.02. The minimum absolute atomic E-state index is 0.0597. The first-order valence-electron chi connectivity index (χ1n) is 9.28. The van der Waals surface area contributed by atoms with Crippen LogP contribution in [0.1, 0.15) is 40.5 Å². The number of rotatable bonds is 16. The third-order valence-electron chi connectivity index (χ3n) is 3.81. The second kappa shape index (κ2) is 14.2. The summed E-state index contributed by atoms with van der Waals surface area (Å²) in [7, 11) is 0.352. The molecule has 0 saturated heterocycles. The molecule has 6 heteroatoms. The van der Waals surface area contributed by atoms with E-state index >= 15 is 0 Å². The Hall–Kier alpha value is 0.0169. The van der Waals surface area contributed by atoms with Crippen LogP contribution in [0.25, 0.3) is 0 Å². The molecule has 0 amide bonds. The molecule has 0 aliphatic carbocycles. The topological polar surface area (TPSA) is 46.2 Å². The number of hydrogen-bond donors (Lipinski definition) is 0. The molecule has 5 nitrogen and oxygen atoms in total. The van der Waals surface area contributed by atoms with E-state index in [-0.39, 0.29) is 18.3 Å². The van der Waals surface area contributed by atoms with E-state index in [4.69, 9.17) is 23.4 Å². The molecule has 0 aliphatic rings. The van der Waals surface area contributed by atoms with Crippen molar-refractivity contribution in [2.75, 3.05) is 40.1 Å². The van der Waals surface area contributed by atoms with Crippen molar-refractivity contribution in [3.63, 3.8) is 0 Å². The van der Waals surface area contributed by atoms with E-state index < -0.39 is 8.32 Å². The molecule has 0 spiro atoms. The number of ether oxygens (including phenoxy) is 4. The monoisotopic (exact) mass is 364 g/mol. The van der Waals surface area contributed by atoms with E-state index in [9.17, 15) is 0 Å². The van der Waals surface area contributed by atoms with Gasteiger partial charge in [0.05, 0.1) is 38.1 Å². The first-order valence-corrected chi connectivity index (χ1v) is 12.4. The summed E-state index contributed by atoms with van der Waals surface area (Å²) in [5, 5.41) is 0.